The van der Waals surface area contributed by atoms with Gasteiger partial charge in [-0.25, -0.2) is 4.98 Å². The van der Waals surface area contributed by atoms with Gasteiger partial charge in [0.1, 0.15) is 5.69 Å². The molecule has 0 fully saturated rings. The summed E-state index contributed by atoms with van der Waals surface area (Å²) >= 11 is 0. The van der Waals surface area contributed by atoms with Crippen LogP contribution in [0.5, 0.6) is 0 Å². The maximum atomic E-state index is 12.2. The van der Waals surface area contributed by atoms with E-state index in [0.717, 1.165) is 23.5 Å². The van der Waals surface area contributed by atoms with Crippen molar-refractivity contribution >= 4 is 17.3 Å². The van der Waals surface area contributed by atoms with Crippen LogP contribution in [0.2, 0.25) is 0 Å². The van der Waals surface area contributed by atoms with Gasteiger partial charge in [-0.3, -0.25) is 9.78 Å². The van der Waals surface area contributed by atoms with Gasteiger partial charge in [0.2, 0.25) is 0 Å². The summed E-state index contributed by atoms with van der Waals surface area (Å²) in [7, 11) is 0. The highest BCUT2D eigenvalue weighted by atomic mass is 16.1. The maximum absolute atomic E-state index is 12.2. The number of pyridine rings is 2. The molecule has 1 amide bonds. The predicted octanol–water partition coefficient (Wildman–Crippen LogP) is 3.71. The second-order valence-corrected chi connectivity index (χ2v) is 5.57. The molecule has 25 heavy (non-hydrogen) atoms. The zero-order chi connectivity index (χ0) is 17.5. The zero-order valence-electron chi connectivity index (χ0n) is 14.1. The van der Waals surface area contributed by atoms with Crippen LogP contribution in [-0.4, -0.2) is 15.9 Å². The molecule has 0 aliphatic rings. The van der Waals surface area contributed by atoms with Crippen LogP contribution in [-0.2, 0) is 13.0 Å². The Hall–Kier alpha value is -3.21. The molecular weight excluding hydrogens is 312 g/mol. The van der Waals surface area contributed by atoms with E-state index in [1.807, 2.05) is 42.5 Å². The number of aromatic nitrogens is 2. The van der Waals surface area contributed by atoms with Crippen molar-refractivity contribution in [2.24, 2.45) is 0 Å². The van der Waals surface area contributed by atoms with Crippen LogP contribution in [0.15, 0.2) is 67.0 Å². The average molecular weight is 332 g/mol. The van der Waals surface area contributed by atoms with Crippen LogP contribution in [0.3, 0.4) is 0 Å². The van der Waals surface area contributed by atoms with E-state index in [0.29, 0.717) is 12.2 Å². The van der Waals surface area contributed by atoms with Gasteiger partial charge in [0.25, 0.3) is 5.91 Å². The van der Waals surface area contributed by atoms with Gasteiger partial charge in [-0.2, -0.15) is 0 Å². The van der Waals surface area contributed by atoms with Gasteiger partial charge in [-0.15, -0.1) is 0 Å². The van der Waals surface area contributed by atoms with Crippen molar-refractivity contribution in [2.75, 3.05) is 5.32 Å². The van der Waals surface area contributed by atoms with E-state index in [1.54, 1.807) is 18.5 Å². The Morgan fingerprint density at radius 2 is 1.84 bits per heavy atom. The number of aryl methyl sites for hydroxylation is 1. The third-order valence-electron chi connectivity index (χ3n) is 3.83. The first-order valence-corrected chi connectivity index (χ1v) is 8.25. The number of benzene rings is 1. The smallest absolute Gasteiger partial charge is 0.270 e. The van der Waals surface area contributed by atoms with Gasteiger partial charge >= 0.3 is 0 Å². The van der Waals surface area contributed by atoms with Crippen molar-refractivity contribution in [1.29, 1.82) is 0 Å². The van der Waals surface area contributed by atoms with Crippen molar-refractivity contribution in [2.45, 2.75) is 19.9 Å². The number of para-hydroxylation sites is 1. The molecule has 5 heteroatoms. The van der Waals surface area contributed by atoms with E-state index in [-0.39, 0.29) is 5.91 Å². The fraction of sp³-hybridized carbons (Fsp3) is 0.150. The molecule has 0 aliphatic carbocycles. The molecule has 0 aliphatic heterocycles. The molecule has 5 nitrogen and oxygen atoms in total. The Balaban J connectivity index is 1.62. The SMILES string of the molecule is CCc1ccccc1Nc1ccc(C(=O)NCc2ccccn2)nc1. The van der Waals surface area contributed by atoms with E-state index in [1.165, 1.54) is 5.56 Å². The molecule has 0 spiro atoms. The number of amides is 1. The van der Waals surface area contributed by atoms with E-state index < -0.39 is 0 Å². The molecule has 2 N–H and O–H groups in total. The highest BCUT2D eigenvalue weighted by Gasteiger charge is 2.08. The van der Waals surface area contributed by atoms with Gasteiger partial charge in [0.15, 0.2) is 0 Å². The van der Waals surface area contributed by atoms with E-state index in [2.05, 4.69) is 33.6 Å². The third kappa shape index (κ3) is 4.41. The Morgan fingerprint density at radius 1 is 1.00 bits per heavy atom. The molecule has 2 heterocycles. The van der Waals surface area contributed by atoms with Crippen molar-refractivity contribution in [3.05, 3.63) is 83.9 Å². The normalized spacial score (nSPS) is 10.3. The molecule has 126 valence electrons. The molecule has 1 aromatic carbocycles. The topological polar surface area (TPSA) is 66.9 Å². The predicted molar refractivity (Wildman–Crippen MR) is 98.7 cm³/mol. The molecule has 3 aromatic rings. The number of rotatable bonds is 6. The number of hydrogen-bond donors (Lipinski definition) is 2. The first kappa shape index (κ1) is 16.6. The lowest BCUT2D eigenvalue weighted by Crippen LogP contribution is -2.24. The lowest BCUT2D eigenvalue weighted by atomic mass is 10.1. The number of carbonyl (C=O) groups excluding carboxylic acids is 1. The van der Waals surface area contributed by atoms with E-state index >= 15 is 0 Å². The van der Waals surface area contributed by atoms with Crippen molar-refractivity contribution in [3.63, 3.8) is 0 Å². The number of anilines is 2. The van der Waals surface area contributed by atoms with Gasteiger partial charge in [0, 0.05) is 11.9 Å². The molecule has 0 atom stereocenters. The van der Waals surface area contributed by atoms with Crippen molar-refractivity contribution < 1.29 is 4.79 Å². The first-order valence-electron chi connectivity index (χ1n) is 8.25. The van der Waals surface area contributed by atoms with Crippen molar-refractivity contribution in [1.82, 2.24) is 15.3 Å². The van der Waals surface area contributed by atoms with Gasteiger partial charge in [-0.1, -0.05) is 31.2 Å². The average Bonchev–Trinajstić information content (AvgIpc) is 2.68. The van der Waals surface area contributed by atoms with Crippen LogP contribution < -0.4 is 10.6 Å². The molecule has 2 aromatic heterocycles. The van der Waals surface area contributed by atoms with Crippen LogP contribution in [0.25, 0.3) is 0 Å². The molecule has 0 radical (unpaired) electrons. The van der Waals surface area contributed by atoms with Gasteiger partial charge in [-0.05, 0) is 42.3 Å². The summed E-state index contributed by atoms with van der Waals surface area (Å²) in [5.74, 6) is -0.217. The molecule has 0 saturated heterocycles. The second-order valence-electron chi connectivity index (χ2n) is 5.57. The quantitative estimate of drug-likeness (QED) is 0.722. The maximum Gasteiger partial charge on any atom is 0.270 e. The minimum atomic E-state index is -0.217. The lowest BCUT2D eigenvalue weighted by molar-refractivity contribution is 0.0945. The Bertz CT molecular complexity index is 832. The van der Waals surface area contributed by atoms with E-state index in [9.17, 15) is 4.79 Å². The van der Waals surface area contributed by atoms with Crippen LogP contribution in [0.1, 0.15) is 28.7 Å². The standard InChI is InChI=1S/C20H20N4O/c1-2-15-7-3-4-9-18(15)24-17-10-11-19(22-14-17)20(25)23-13-16-8-5-6-12-21-16/h3-12,14,24H,2,13H2,1H3,(H,23,25). The molecule has 0 unspecified atom stereocenters. The summed E-state index contributed by atoms with van der Waals surface area (Å²) < 4.78 is 0. The summed E-state index contributed by atoms with van der Waals surface area (Å²) in [5.41, 5.74) is 4.33. The summed E-state index contributed by atoms with van der Waals surface area (Å²) in [6.07, 6.45) is 4.32. The number of nitrogens with one attached hydrogen (secondary N) is 2. The first-order chi connectivity index (χ1) is 12.3. The monoisotopic (exact) mass is 332 g/mol. The fourth-order valence-electron chi connectivity index (χ4n) is 2.47. The minimum absolute atomic E-state index is 0.217. The van der Waals surface area contributed by atoms with Crippen molar-refractivity contribution in [3.8, 4) is 0 Å². The lowest BCUT2D eigenvalue weighted by Gasteiger charge is -2.11. The minimum Gasteiger partial charge on any atom is -0.354 e. The van der Waals surface area contributed by atoms with E-state index in [4.69, 9.17) is 0 Å². The highest BCUT2D eigenvalue weighted by molar-refractivity contribution is 5.92. The Labute approximate surface area is 147 Å². The third-order valence-corrected chi connectivity index (χ3v) is 3.83. The Morgan fingerprint density at radius 3 is 2.56 bits per heavy atom. The summed E-state index contributed by atoms with van der Waals surface area (Å²) in [6.45, 7) is 2.50. The largest absolute Gasteiger partial charge is 0.354 e. The number of nitrogens with zero attached hydrogens (tertiary/aromatic N) is 2. The van der Waals surface area contributed by atoms with Gasteiger partial charge < -0.3 is 10.6 Å². The summed E-state index contributed by atoms with van der Waals surface area (Å²) in [4.78, 5) is 20.6. The molecule has 0 saturated carbocycles. The zero-order valence-corrected chi connectivity index (χ0v) is 14.1. The summed E-state index contributed by atoms with van der Waals surface area (Å²) in [6, 6.07) is 17.3. The fourth-order valence-corrected chi connectivity index (χ4v) is 2.47. The second kappa shape index (κ2) is 8.06. The summed E-state index contributed by atoms with van der Waals surface area (Å²) in [5, 5.41) is 6.16. The number of carbonyl (C=O) groups is 1. The van der Waals surface area contributed by atoms with Crippen LogP contribution in [0.4, 0.5) is 11.4 Å². The van der Waals surface area contributed by atoms with Crippen LogP contribution >= 0.6 is 0 Å². The van der Waals surface area contributed by atoms with Crippen LogP contribution in [0, 0.1) is 0 Å². The van der Waals surface area contributed by atoms with Gasteiger partial charge in [0.05, 0.1) is 24.1 Å². The molecule has 3 rings (SSSR count). The molecule has 0 bridgehead atoms. The highest BCUT2D eigenvalue weighted by Crippen LogP contribution is 2.20. The molecular formula is C20H20N4O. The number of hydrogen-bond acceptors (Lipinski definition) is 4. The Kier molecular flexibility index (Phi) is 5.36.